The lowest BCUT2D eigenvalue weighted by molar-refractivity contribution is -0.139. The van der Waals surface area contributed by atoms with Gasteiger partial charge in [0.1, 0.15) is 5.75 Å². The fourth-order valence-electron chi connectivity index (χ4n) is 2.13. The molecule has 2 aromatic rings. The van der Waals surface area contributed by atoms with E-state index in [1.54, 1.807) is 36.4 Å². The highest BCUT2D eigenvalue weighted by molar-refractivity contribution is 6.35. The van der Waals surface area contributed by atoms with Gasteiger partial charge in [0, 0.05) is 11.7 Å². The van der Waals surface area contributed by atoms with Gasteiger partial charge in [-0.3, -0.25) is 14.4 Å². The predicted molar refractivity (Wildman–Crippen MR) is 111 cm³/mol. The van der Waals surface area contributed by atoms with E-state index >= 15 is 0 Å². The van der Waals surface area contributed by atoms with Gasteiger partial charge in [-0.15, -0.1) is 0 Å². The number of hydrogen-bond donors (Lipinski definition) is 3. The van der Waals surface area contributed by atoms with Crippen molar-refractivity contribution in [2.24, 2.45) is 5.10 Å². The Morgan fingerprint density at radius 2 is 1.72 bits per heavy atom. The Labute approximate surface area is 169 Å². The van der Waals surface area contributed by atoms with Gasteiger partial charge in [0.15, 0.2) is 6.61 Å². The van der Waals surface area contributed by atoms with Gasteiger partial charge in [-0.2, -0.15) is 5.10 Å². The minimum absolute atomic E-state index is 0.0838. The molecule has 3 amide bonds. The van der Waals surface area contributed by atoms with Gasteiger partial charge in [-0.25, -0.2) is 5.43 Å². The third-order valence-electron chi connectivity index (χ3n) is 3.88. The highest BCUT2D eigenvalue weighted by Crippen LogP contribution is 2.11. The number of benzene rings is 2. The molecule has 0 saturated carbocycles. The summed E-state index contributed by atoms with van der Waals surface area (Å²) in [5, 5.41) is 9.03. The van der Waals surface area contributed by atoms with Crippen molar-refractivity contribution >= 4 is 29.6 Å². The molecule has 0 spiro atoms. The molecule has 0 heterocycles. The van der Waals surface area contributed by atoms with Crippen LogP contribution in [0.25, 0.3) is 0 Å². The summed E-state index contributed by atoms with van der Waals surface area (Å²) in [6, 6.07) is 15.8. The second-order valence-corrected chi connectivity index (χ2v) is 6.25. The highest BCUT2D eigenvalue weighted by atomic mass is 16.5. The van der Waals surface area contributed by atoms with Crippen LogP contribution in [0.2, 0.25) is 0 Å². The van der Waals surface area contributed by atoms with Crippen LogP contribution in [0.1, 0.15) is 25.8 Å². The number of hydrogen-bond acceptors (Lipinski definition) is 5. The molecule has 152 valence electrons. The second kappa shape index (κ2) is 11.2. The molecule has 0 bridgehead atoms. The smallest absolute Gasteiger partial charge is 0.329 e. The Balaban J connectivity index is 1.76. The van der Waals surface area contributed by atoms with Crippen LogP contribution >= 0.6 is 0 Å². The topological polar surface area (TPSA) is 109 Å². The number of amides is 3. The van der Waals surface area contributed by atoms with Crippen molar-refractivity contribution in [2.45, 2.75) is 26.3 Å². The van der Waals surface area contributed by atoms with Gasteiger partial charge in [-0.05, 0) is 55.3 Å². The zero-order chi connectivity index (χ0) is 21.1. The molecule has 0 aliphatic heterocycles. The lowest BCUT2D eigenvalue weighted by atomic mass is 10.2. The molecule has 8 heteroatoms. The van der Waals surface area contributed by atoms with E-state index in [0.717, 1.165) is 6.42 Å². The van der Waals surface area contributed by atoms with Crippen LogP contribution < -0.4 is 20.8 Å². The van der Waals surface area contributed by atoms with Crippen LogP contribution in [0, 0.1) is 0 Å². The highest BCUT2D eigenvalue weighted by Gasteiger charge is 2.14. The summed E-state index contributed by atoms with van der Waals surface area (Å²) in [6.07, 6.45) is 2.13. The van der Waals surface area contributed by atoms with E-state index in [2.05, 4.69) is 21.2 Å². The largest absolute Gasteiger partial charge is 0.484 e. The molecule has 29 heavy (non-hydrogen) atoms. The van der Waals surface area contributed by atoms with Crippen molar-refractivity contribution in [3.05, 3.63) is 60.2 Å². The van der Waals surface area contributed by atoms with Gasteiger partial charge in [-0.1, -0.05) is 25.1 Å². The first kappa shape index (κ1) is 21.6. The van der Waals surface area contributed by atoms with E-state index in [9.17, 15) is 14.4 Å². The average molecular weight is 396 g/mol. The third-order valence-corrected chi connectivity index (χ3v) is 3.88. The van der Waals surface area contributed by atoms with Crippen LogP contribution in [0.5, 0.6) is 5.75 Å². The summed E-state index contributed by atoms with van der Waals surface area (Å²) >= 11 is 0. The molecule has 0 unspecified atom stereocenters. The van der Waals surface area contributed by atoms with E-state index in [-0.39, 0.29) is 18.6 Å². The summed E-state index contributed by atoms with van der Waals surface area (Å²) < 4.78 is 5.44. The Kier molecular flexibility index (Phi) is 8.37. The zero-order valence-electron chi connectivity index (χ0n) is 16.3. The molecule has 2 aromatic carbocycles. The molecular weight excluding hydrogens is 372 g/mol. The zero-order valence-corrected chi connectivity index (χ0v) is 16.3. The van der Waals surface area contributed by atoms with Crippen molar-refractivity contribution in [2.75, 3.05) is 11.9 Å². The number of carbonyl (C=O) groups is 3. The lowest BCUT2D eigenvalue weighted by Gasteiger charge is -2.09. The monoisotopic (exact) mass is 396 g/mol. The normalized spacial score (nSPS) is 11.5. The van der Waals surface area contributed by atoms with Crippen molar-refractivity contribution in [1.82, 2.24) is 10.7 Å². The number of ether oxygens (including phenoxy) is 1. The van der Waals surface area contributed by atoms with Gasteiger partial charge in [0.05, 0.1) is 6.21 Å². The first-order chi connectivity index (χ1) is 14.0. The first-order valence-electron chi connectivity index (χ1n) is 9.19. The molecular formula is C21H24N4O4. The number of hydrazone groups is 1. The van der Waals surface area contributed by atoms with Crippen LogP contribution in [-0.2, 0) is 14.4 Å². The molecule has 2 rings (SSSR count). The minimum Gasteiger partial charge on any atom is -0.484 e. The van der Waals surface area contributed by atoms with Gasteiger partial charge < -0.3 is 15.4 Å². The maximum Gasteiger partial charge on any atom is 0.329 e. The van der Waals surface area contributed by atoms with Crippen molar-refractivity contribution < 1.29 is 19.1 Å². The number of nitrogens with zero attached hydrogens (tertiary/aromatic N) is 1. The van der Waals surface area contributed by atoms with E-state index in [4.69, 9.17) is 4.74 Å². The molecule has 8 nitrogen and oxygen atoms in total. The lowest BCUT2D eigenvalue weighted by Crippen LogP contribution is -2.41. The van der Waals surface area contributed by atoms with Crippen molar-refractivity contribution in [3.63, 3.8) is 0 Å². The fraction of sp³-hybridized carbons (Fsp3) is 0.238. The third kappa shape index (κ3) is 7.84. The Morgan fingerprint density at radius 3 is 2.38 bits per heavy atom. The molecule has 0 aliphatic carbocycles. The first-order valence-corrected chi connectivity index (χ1v) is 9.19. The van der Waals surface area contributed by atoms with E-state index in [0.29, 0.717) is 17.0 Å². The second-order valence-electron chi connectivity index (χ2n) is 6.25. The molecule has 1 atom stereocenters. The molecule has 0 fully saturated rings. The molecule has 0 aromatic heterocycles. The Bertz CT molecular complexity index is 851. The predicted octanol–water partition coefficient (Wildman–Crippen LogP) is 2.07. The number of para-hydroxylation sites is 1. The quantitative estimate of drug-likeness (QED) is 0.360. The van der Waals surface area contributed by atoms with E-state index in [1.807, 2.05) is 32.0 Å². The van der Waals surface area contributed by atoms with E-state index in [1.165, 1.54) is 6.21 Å². The summed E-state index contributed by atoms with van der Waals surface area (Å²) in [5.74, 6) is -1.30. The van der Waals surface area contributed by atoms with Crippen molar-refractivity contribution in [3.8, 4) is 5.75 Å². The molecule has 0 radical (unpaired) electrons. The Morgan fingerprint density at radius 1 is 1.03 bits per heavy atom. The van der Waals surface area contributed by atoms with Crippen LogP contribution in [0.3, 0.4) is 0 Å². The number of nitrogens with one attached hydrogen (secondary N) is 3. The summed E-state index contributed by atoms with van der Waals surface area (Å²) in [6.45, 7) is 3.59. The van der Waals surface area contributed by atoms with E-state index < -0.39 is 11.8 Å². The SMILES string of the molecule is CC[C@H](C)NC(=O)C(=O)N/N=C\c1ccc(OCC(=O)Nc2ccccc2)cc1. The standard InChI is InChI=1S/C21H24N4O4/c1-3-15(2)23-20(27)21(28)25-22-13-16-9-11-18(12-10-16)29-14-19(26)24-17-7-5-4-6-8-17/h4-13,15H,3,14H2,1-2H3,(H,23,27)(H,24,26)(H,25,28)/b22-13-/t15-/m0/s1. The molecule has 0 aliphatic rings. The number of rotatable bonds is 8. The fourth-order valence-corrected chi connectivity index (χ4v) is 2.13. The maximum absolute atomic E-state index is 11.9. The average Bonchev–Trinajstić information content (AvgIpc) is 2.73. The minimum atomic E-state index is -0.828. The summed E-state index contributed by atoms with van der Waals surface area (Å²) in [7, 11) is 0. The van der Waals surface area contributed by atoms with Crippen molar-refractivity contribution in [1.29, 1.82) is 0 Å². The van der Waals surface area contributed by atoms with Gasteiger partial charge in [0.25, 0.3) is 5.91 Å². The number of anilines is 1. The molecule has 0 saturated heterocycles. The van der Waals surface area contributed by atoms with Crippen LogP contribution in [0.15, 0.2) is 59.7 Å². The maximum atomic E-state index is 11.9. The molecule has 3 N–H and O–H groups in total. The summed E-state index contributed by atoms with van der Waals surface area (Å²) in [4.78, 5) is 35.1. The number of carbonyl (C=O) groups excluding carboxylic acids is 3. The van der Waals surface area contributed by atoms with Gasteiger partial charge >= 0.3 is 11.8 Å². The van der Waals surface area contributed by atoms with Gasteiger partial charge in [0.2, 0.25) is 0 Å². The van der Waals surface area contributed by atoms with Crippen LogP contribution in [-0.4, -0.2) is 36.6 Å². The van der Waals surface area contributed by atoms with Crippen LogP contribution in [0.4, 0.5) is 5.69 Å². The summed E-state index contributed by atoms with van der Waals surface area (Å²) in [5.41, 5.74) is 3.56. The Hall–Kier alpha value is -3.68.